The Hall–Kier alpha value is -2.11. The van der Waals surface area contributed by atoms with Crippen molar-refractivity contribution in [3.05, 3.63) is 63.9 Å². The van der Waals surface area contributed by atoms with Crippen LogP contribution in [-0.4, -0.2) is 13.0 Å². The number of fused-ring (bicyclic) bond motifs is 1. The first-order valence-corrected chi connectivity index (χ1v) is 9.12. The largest absolute Gasteiger partial charge is 0.497 e. The fourth-order valence-corrected chi connectivity index (χ4v) is 4.26. The van der Waals surface area contributed by atoms with Crippen LogP contribution < -0.4 is 9.64 Å². The summed E-state index contributed by atoms with van der Waals surface area (Å²) in [4.78, 5) is 16.5. The van der Waals surface area contributed by atoms with Crippen molar-refractivity contribution in [1.29, 1.82) is 0 Å². The number of nitrogens with zero attached hydrogens (tertiary/aromatic N) is 1. The first-order chi connectivity index (χ1) is 11.7. The molecular weight excluding hydrogens is 386 g/mol. The Morgan fingerprint density at radius 3 is 2.46 bits per heavy atom. The van der Waals surface area contributed by atoms with Crippen molar-refractivity contribution in [2.24, 2.45) is 0 Å². The van der Waals surface area contributed by atoms with E-state index in [-0.39, 0.29) is 5.91 Å². The molecule has 3 aromatic rings. The van der Waals surface area contributed by atoms with Crippen LogP contribution >= 0.6 is 27.3 Å². The molecule has 0 spiro atoms. The Morgan fingerprint density at radius 1 is 1.08 bits per heavy atom. The van der Waals surface area contributed by atoms with Crippen LogP contribution in [0.5, 0.6) is 5.75 Å². The molecule has 1 aliphatic heterocycles. The van der Waals surface area contributed by atoms with Gasteiger partial charge in [0.25, 0.3) is 0 Å². The monoisotopic (exact) mass is 399 g/mol. The second kappa shape index (κ2) is 6.07. The third kappa shape index (κ3) is 2.64. The minimum Gasteiger partial charge on any atom is -0.497 e. The third-order valence-electron chi connectivity index (χ3n) is 4.05. The summed E-state index contributed by atoms with van der Waals surface area (Å²) in [5.41, 5.74) is 3.03. The fourth-order valence-electron chi connectivity index (χ4n) is 2.86. The number of halogens is 1. The van der Waals surface area contributed by atoms with Crippen LogP contribution in [0.15, 0.2) is 59.1 Å². The number of carbonyl (C=O) groups is 1. The molecule has 24 heavy (non-hydrogen) atoms. The molecule has 120 valence electrons. The smallest absolute Gasteiger partial charge is 0.236 e. The van der Waals surface area contributed by atoms with Gasteiger partial charge in [0.05, 0.1) is 19.2 Å². The van der Waals surface area contributed by atoms with Crippen molar-refractivity contribution >= 4 is 44.5 Å². The average Bonchev–Trinajstić information content (AvgIpc) is 3.12. The minimum atomic E-state index is 0.115. The molecule has 2 heterocycles. The Kier molecular flexibility index (Phi) is 3.90. The van der Waals surface area contributed by atoms with E-state index in [1.807, 2.05) is 36.4 Å². The SMILES string of the molecule is COc1ccc(N2C(=O)Cc3sc(-c4ccc(Br)cc4)cc32)cc1. The zero-order valence-corrected chi connectivity index (χ0v) is 15.4. The van der Waals surface area contributed by atoms with Crippen LogP contribution in [0.3, 0.4) is 0 Å². The Morgan fingerprint density at radius 2 is 1.79 bits per heavy atom. The standard InChI is InChI=1S/C19H14BrNO2S/c1-23-15-8-6-14(7-9-15)21-16-10-17(24-18(16)11-19(21)22)12-2-4-13(20)5-3-12/h2-10H,11H2,1H3. The van der Waals surface area contributed by atoms with Crippen molar-refractivity contribution in [3.8, 4) is 16.2 Å². The van der Waals surface area contributed by atoms with E-state index in [2.05, 4.69) is 34.1 Å². The molecule has 1 aliphatic rings. The van der Waals surface area contributed by atoms with Gasteiger partial charge in [0.1, 0.15) is 5.75 Å². The van der Waals surface area contributed by atoms with Crippen molar-refractivity contribution in [2.75, 3.05) is 12.0 Å². The molecule has 0 unspecified atom stereocenters. The summed E-state index contributed by atoms with van der Waals surface area (Å²) >= 11 is 5.15. The predicted octanol–water partition coefficient (Wildman–Crippen LogP) is 5.41. The molecule has 1 amide bonds. The number of ether oxygens (including phenoxy) is 1. The molecule has 0 atom stereocenters. The van der Waals surface area contributed by atoms with Crippen molar-refractivity contribution < 1.29 is 9.53 Å². The van der Waals surface area contributed by atoms with E-state index in [4.69, 9.17) is 4.74 Å². The van der Waals surface area contributed by atoms with Gasteiger partial charge in [-0.1, -0.05) is 28.1 Å². The molecule has 2 aromatic carbocycles. The lowest BCUT2D eigenvalue weighted by Gasteiger charge is -2.17. The summed E-state index contributed by atoms with van der Waals surface area (Å²) in [6, 6.07) is 17.9. The molecule has 0 radical (unpaired) electrons. The van der Waals surface area contributed by atoms with Crippen LogP contribution in [0.25, 0.3) is 10.4 Å². The second-order valence-electron chi connectivity index (χ2n) is 5.53. The highest BCUT2D eigenvalue weighted by atomic mass is 79.9. The number of benzene rings is 2. The van der Waals surface area contributed by atoms with Gasteiger partial charge in [0.2, 0.25) is 5.91 Å². The van der Waals surface area contributed by atoms with Crippen LogP contribution in [0.4, 0.5) is 11.4 Å². The zero-order chi connectivity index (χ0) is 16.7. The van der Waals surface area contributed by atoms with E-state index < -0.39 is 0 Å². The molecule has 1 aromatic heterocycles. The number of anilines is 2. The highest BCUT2D eigenvalue weighted by molar-refractivity contribution is 9.10. The summed E-state index contributed by atoms with van der Waals surface area (Å²) in [5, 5.41) is 0. The van der Waals surface area contributed by atoms with Gasteiger partial charge in [0, 0.05) is 19.9 Å². The third-order valence-corrected chi connectivity index (χ3v) is 5.75. The lowest BCUT2D eigenvalue weighted by Crippen LogP contribution is -2.20. The molecule has 0 aliphatic carbocycles. The highest BCUT2D eigenvalue weighted by Gasteiger charge is 2.31. The Balaban J connectivity index is 1.72. The molecule has 0 bridgehead atoms. The number of rotatable bonds is 3. The van der Waals surface area contributed by atoms with Gasteiger partial charge in [-0.25, -0.2) is 0 Å². The summed E-state index contributed by atoms with van der Waals surface area (Å²) < 4.78 is 6.26. The highest BCUT2D eigenvalue weighted by Crippen LogP contribution is 2.44. The van der Waals surface area contributed by atoms with Gasteiger partial charge < -0.3 is 4.74 Å². The number of methoxy groups -OCH3 is 1. The van der Waals surface area contributed by atoms with Crippen LogP contribution in [0, 0.1) is 0 Å². The molecule has 4 rings (SSSR count). The van der Waals surface area contributed by atoms with Gasteiger partial charge >= 0.3 is 0 Å². The number of amides is 1. The normalized spacial score (nSPS) is 13.2. The number of carbonyl (C=O) groups excluding carboxylic acids is 1. The number of hydrogen-bond donors (Lipinski definition) is 0. The first kappa shape index (κ1) is 15.4. The zero-order valence-electron chi connectivity index (χ0n) is 13.0. The lowest BCUT2D eigenvalue weighted by molar-refractivity contribution is -0.116. The van der Waals surface area contributed by atoms with Crippen LogP contribution in [-0.2, 0) is 11.2 Å². The van der Waals surface area contributed by atoms with Crippen LogP contribution in [0.1, 0.15) is 4.88 Å². The molecule has 0 N–H and O–H groups in total. The number of hydrogen-bond acceptors (Lipinski definition) is 3. The predicted molar refractivity (Wildman–Crippen MR) is 101 cm³/mol. The first-order valence-electron chi connectivity index (χ1n) is 7.51. The van der Waals surface area contributed by atoms with Gasteiger partial charge in [-0.2, -0.15) is 0 Å². The maximum atomic E-state index is 12.4. The van der Waals surface area contributed by atoms with E-state index in [0.717, 1.165) is 26.5 Å². The topological polar surface area (TPSA) is 29.5 Å². The van der Waals surface area contributed by atoms with Gasteiger partial charge in [-0.05, 0) is 48.0 Å². The summed E-state index contributed by atoms with van der Waals surface area (Å²) in [7, 11) is 1.64. The molecule has 0 saturated heterocycles. The minimum absolute atomic E-state index is 0.115. The maximum Gasteiger partial charge on any atom is 0.236 e. The van der Waals surface area contributed by atoms with E-state index >= 15 is 0 Å². The van der Waals surface area contributed by atoms with E-state index in [0.29, 0.717) is 6.42 Å². The van der Waals surface area contributed by atoms with Gasteiger partial charge in [-0.15, -0.1) is 11.3 Å². The Labute approximate surface area is 152 Å². The molecule has 5 heteroatoms. The van der Waals surface area contributed by atoms with Crippen molar-refractivity contribution in [1.82, 2.24) is 0 Å². The molecule has 3 nitrogen and oxygen atoms in total. The quantitative estimate of drug-likeness (QED) is 0.589. The molecule has 0 saturated carbocycles. The van der Waals surface area contributed by atoms with E-state index in [9.17, 15) is 4.79 Å². The van der Waals surface area contributed by atoms with Crippen molar-refractivity contribution in [2.45, 2.75) is 6.42 Å². The maximum absolute atomic E-state index is 12.4. The summed E-state index contributed by atoms with van der Waals surface area (Å²) in [5.74, 6) is 0.898. The van der Waals surface area contributed by atoms with Gasteiger partial charge in [-0.3, -0.25) is 9.69 Å². The summed E-state index contributed by atoms with van der Waals surface area (Å²) in [6.45, 7) is 0. The summed E-state index contributed by atoms with van der Waals surface area (Å²) in [6.07, 6.45) is 0.461. The van der Waals surface area contributed by atoms with E-state index in [1.165, 1.54) is 10.4 Å². The van der Waals surface area contributed by atoms with E-state index in [1.54, 1.807) is 23.3 Å². The molecular formula is C19H14BrNO2S. The molecule has 0 fully saturated rings. The van der Waals surface area contributed by atoms with Crippen molar-refractivity contribution in [3.63, 3.8) is 0 Å². The van der Waals surface area contributed by atoms with Crippen LogP contribution in [0.2, 0.25) is 0 Å². The fraction of sp³-hybridized carbons (Fsp3) is 0.105. The number of thiophene rings is 1. The lowest BCUT2D eigenvalue weighted by atomic mass is 10.2. The van der Waals surface area contributed by atoms with Gasteiger partial charge in [0.15, 0.2) is 0 Å². The average molecular weight is 400 g/mol. The second-order valence-corrected chi connectivity index (χ2v) is 7.58. The Bertz CT molecular complexity index is 900.